The zero-order chi connectivity index (χ0) is 20.8. The number of nitrogens with zero attached hydrogens (tertiary/aromatic N) is 2. The zero-order valence-corrected chi connectivity index (χ0v) is 17.9. The van der Waals surface area contributed by atoms with Gasteiger partial charge < -0.3 is 14.5 Å². The molecule has 0 N–H and O–H groups in total. The molecule has 2 amide bonds. The number of ether oxygens (including phenoxy) is 1. The summed E-state index contributed by atoms with van der Waals surface area (Å²) < 4.78 is 5.31. The fourth-order valence-electron chi connectivity index (χ4n) is 3.45. The van der Waals surface area contributed by atoms with Crippen LogP contribution in [0.15, 0.2) is 42.5 Å². The quantitative estimate of drug-likeness (QED) is 0.704. The van der Waals surface area contributed by atoms with E-state index in [1.165, 1.54) is 7.11 Å². The summed E-state index contributed by atoms with van der Waals surface area (Å²) in [6.07, 6.45) is 1.86. The Labute approximate surface area is 181 Å². The van der Waals surface area contributed by atoms with Gasteiger partial charge in [-0.05, 0) is 48.7 Å². The molecule has 1 saturated heterocycles. The van der Waals surface area contributed by atoms with E-state index in [1.807, 2.05) is 29.2 Å². The highest BCUT2D eigenvalue weighted by Crippen LogP contribution is 2.24. The van der Waals surface area contributed by atoms with Crippen molar-refractivity contribution in [1.29, 1.82) is 0 Å². The Morgan fingerprint density at radius 1 is 0.931 bits per heavy atom. The van der Waals surface area contributed by atoms with Crippen LogP contribution in [0.4, 0.5) is 0 Å². The largest absolute Gasteiger partial charge is 0.496 e. The van der Waals surface area contributed by atoms with E-state index in [1.54, 1.807) is 23.1 Å². The topological polar surface area (TPSA) is 49.9 Å². The molecule has 5 nitrogen and oxygen atoms in total. The molecule has 1 aliphatic heterocycles. The van der Waals surface area contributed by atoms with Crippen LogP contribution in [0, 0.1) is 0 Å². The van der Waals surface area contributed by atoms with Gasteiger partial charge in [-0.2, -0.15) is 0 Å². The van der Waals surface area contributed by atoms with Crippen LogP contribution in [0.25, 0.3) is 0 Å². The average Bonchev–Trinajstić information content (AvgIpc) is 2.99. The molecule has 0 unspecified atom stereocenters. The van der Waals surface area contributed by atoms with Crippen molar-refractivity contribution in [2.75, 3.05) is 33.3 Å². The Morgan fingerprint density at radius 3 is 2.31 bits per heavy atom. The van der Waals surface area contributed by atoms with Gasteiger partial charge in [0.25, 0.3) is 5.91 Å². The van der Waals surface area contributed by atoms with Gasteiger partial charge in [-0.15, -0.1) is 0 Å². The van der Waals surface area contributed by atoms with E-state index < -0.39 is 0 Å². The fraction of sp³-hybridized carbons (Fsp3) is 0.364. The summed E-state index contributed by atoms with van der Waals surface area (Å²) in [6.45, 7) is 2.25. The van der Waals surface area contributed by atoms with Gasteiger partial charge in [-0.25, -0.2) is 0 Å². The molecule has 0 saturated carbocycles. The van der Waals surface area contributed by atoms with E-state index in [2.05, 4.69) is 0 Å². The minimum absolute atomic E-state index is 0.106. The number of amides is 2. The van der Waals surface area contributed by atoms with E-state index in [4.69, 9.17) is 27.9 Å². The minimum Gasteiger partial charge on any atom is -0.496 e. The Hall–Kier alpha value is -2.24. The fourth-order valence-corrected chi connectivity index (χ4v) is 3.75. The van der Waals surface area contributed by atoms with Crippen LogP contribution in [0.5, 0.6) is 5.75 Å². The van der Waals surface area contributed by atoms with E-state index in [-0.39, 0.29) is 11.8 Å². The number of carbonyl (C=O) groups is 2. The van der Waals surface area contributed by atoms with Crippen molar-refractivity contribution in [1.82, 2.24) is 9.80 Å². The third-order valence-corrected chi connectivity index (χ3v) is 5.56. The first-order valence-corrected chi connectivity index (χ1v) is 10.4. The number of hydrogen-bond acceptors (Lipinski definition) is 3. The molecule has 0 atom stereocenters. The van der Waals surface area contributed by atoms with Gasteiger partial charge in [0.1, 0.15) is 5.75 Å². The van der Waals surface area contributed by atoms with Crippen molar-refractivity contribution >= 4 is 35.0 Å². The van der Waals surface area contributed by atoms with Crippen LogP contribution in [-0.2, 0) is 11.2 Å². The monoisotopic (exact) mass is 434 g/mol. The van der Waals surface area contributed by atoms with Crippen molar-refractivity contribution in [3.8, 4) is 5.75 Å². The lowest BCUT2D eigenvalue weighted by Gasteiger charge is -2.23. The summed E-state index contributed by atoms with van der Waals surface area (Å²) in [4.78, 5) is 29.2. The first-order chi connectivity index (χ1) is 14.0. The first kappa shape index (κ1) is 21.5. The van der Waals surface area contributed by atoms with Gasteiger partial charge in [-0.3, -0.25) is 9.59 Å². The average molecular weight is 435 g/mol. The highest BCUT2D eigenvalue weighted by Gasteiger charge is 2.24. The van der Waals surface area contributed by atoms with E-state index in [9.17, 15) is 9.59 Å². The number of carbonyl (C=O) groups excluding carboxylic acids is 2. The lowest BCUT2D eigenvalue weighted by Crippen LogP contribution is -2.37. The van der Waals surface area contributed by atoms with Crippen molar-refractivity contribution < 1.29 is 14.3 Å². The number of benzene rings is 2. The second kappa shape index (κ2) is 9.99. The van der Waals surface area contributed by atoms with Gasteiger partial charge in [0.05, 0.1) is 12.7 Å². The summed E-state index contributed by atoms with van der Waals surface area (Å²) in [5.41, 5.74) is 1.53. The molecule has 154 valence electrons. The lowest BCUT2D eigenvalue weighted by atomic mass is 10.1. The van der Waals surface area contributed by atoms with E-state index in [0.29, 0.717) is 60.4 Å². The third-order valence-electron chi connectivity index (χ3n) is 5.07. The molecule has 7 heteroatoms. The summed E-state index contributed by atoms with van der Waals surface area (Å²) in [7, 11) is 1.53. The number of aryl methyl sites for hydroxylation is 1. The van der Waals surface area contributed by atoms with Gasteiger partial charge in [0.15, 0.2) is 0 Å². The van der Waals surface area contributed by atoms with E-state index >= 15 is 0 Å². The molecule has 1 fully saturated rings. The highest BCUT2D eigenvalue weighted by molar-refractivity contribution is 6.31. The predicted octanol–water partition coefficient (Wildman–Crippen LogP) is 4.31. The Morgan fingerprint density at radius 2 is 1.59 bits per heavy atom. The third kappa shape index (κ3) is 5.64. The summed E-state index contributed by atoms with van der Waals surface area (Å²) in [5.74, 6) is 0.481. The van der Waals surface area contributed by atoms with Gasteiger partial charge in [0, 0.05) is 42.6 Å². The van der Waals surface area contributed by atoms with Crippen molar-refractivity contribution in [3.05, 3.63) is 63.6 Å². The first-order valence-electron chi connectivity index (χ1n) is 9.63. The Bertz CT molecular complexity index is 871. The van der Waals surface area contributed by atoms with Crippen LogP contribution in [0.2, 0.25) is 10.0 Å². The summed E-state index contributed by atoms with van der Waals surface area (Å²) >= 11 is 12.0. The van der Waals surface area contributed by atoms with Crippen LogP contribution < -0.4 is 4.74 Å². The van der Waals surface area contributed by atoms with Crippen LogP contribution in [0.3, 0.4) is 0 Å². The molecule has 2 aromatic rings. The summed E-state index contributed by atoms with van der Waals surface area (Å²) in [5, 5.41) is 1.18. The van der Waals surface area contributed by atoms with Crippen LogP contribution in [0.1, 0.15) is 28.8 Å². The molecule has 1 heterocycles. The van der Waals surface area contributed by atoms with Gasteiger partial charge in [-0.1, -0.05) is 35.3 Å². The molecule has 2 aromatic carbocycles. The minimum atomic E-state index is -0.125. The molecule has 0 radical (unpaired) electrons. The van der Waals surface area contributed by atoms with Crippen molar-refractivity contribution in [3.63, 3.8) is 0 Å². The zero-order valence-electron chi connectivity index (χ0n) is 16.4. The van der Waals surface area contributed by atoms with Crippen molar-refractivity contribution in [2.24, 2.45) is 0 Å². The SMILES string of the molecule is COc1ccc(Cl)cc1C(=O)N1CCCN(C(=O)CCc2ccc(Cl)cc2)CC1. The molecular weight excluding hydrogens is 411 g/mol. The van der Waals surface area contributed by atoms with E-state index in [0.717, 1.165) is 12.0 Å². The number of methoxy groups -OCH3 is 1. The molecule has 0 aromatic heterocycles. The normalized spacial score (nSPS) is 14.4. The second-order valence-corrected chi connectivity index (χ2v) is 7.87. The Kier molecular flexibility index (Phi) is 7.40. The summed E-state index contributed by atoms with van der Waals surface area (Å²) in [6, 6.07) is 12.6. The number of halogens is 2. The molecule has 29 heavy (non-hydrogen) atoms. The smallest absolute Gasteiger partial charge is 0.257 e. The Balaban J connectivity index is 1.58. The number of rotatable bonds is 5. The molecule has 0 spiro atoms. The van der Waals surface area contributed by atoms with Crippen molar-refractivity contribution in [2.45, 2.75) is 19.3 Å². The molecular formula is C22H24Cl2N2O3. The second-order valence-electron chi connectivity index (χ2n) is 7.00. The van der Waals surface area contributed by atoms with Crippen LogP contribution >= 0.6 is 23.2 Å². The highest BCUT2D eigenvalue weighted by atomic mass is 35.5. The van der Waals surface area contributed by atoms with Gasteiger partial charge in [0.2, 0.25) is 5.91 Å². The molecule has 0 aliphatic carbocycles. The molecule has 1 aliphatic rings. The maximum Gasteiger partial charge on any atom is 0.257 e. The molecule has 3 rings (SSSR count). The van der Waals surface area contributed by atoms with Crippen LogP contribution in [-0.4, -0.2) is 54.9 Å². The standard InChI is InChI=1S/C22H24Cl2N2O3/c1-29-20-9-8-18(24)15-19(20)22(28)26-12-2-11-25(13-14-26)21(27)10-5-16-3-6-17(23)7-4-16/h3-4,6-9,15H,2,5,10-14H2,1H3. The maximum atomic E-state index is 13.0. The molecule has 0 bridgehead atoms. The number of hydrogen-bond donors (Lipinski definition) is 0. The lowest BCUT2D eigenvalue weighted by molar-refractivity contribution is -0.131. The predicted molar refractivity (Wildman–Crippen MR) is 115 cm³/mol. The maximum absolute atomic E-state index is 13.0. The van der Waals surface area contributed by atoms with Gasteiger partial charge >= 0.3 is 0 Å².